The number of hydrogen-bond donors (Lipinski definition) is 2. The molecule has 1 aromatic carbocycles. The van der Waals surface area contributed by atoms with Crippen LogP contribution in [0.15, 0.2) is 30.7 Å². The van der Waals surface area contributed by atoms with Crippen LogP contribution in [-0.4, -0.2) is 15.5 Å². The van der Waals surface area contributed by atoms with E-state index in [9.17, 15) is 4.79 Å². The predicted molar refractivity (Wildman–Crippen MR) is 67.0 cm³/mol. The minimum absolute atomic E-state index is 0.267. The molecule has 5 nitrogen and oxygen atoms in total. The molecule has 2 aromatic rings. The van der Waals surface area contributed by atoms with Crippen LogP contribution in [0.1, 0.15) is 10.5 Å². The number of benzene rings is 1. The summed E-state index contributed by atoms with van der Waals surface area (Å²) < 4.78 is 1.63. The molecule has 0 radical (unpaired) electrons. The Morgan fingerprint density at radius 1 is 1.53 bits per heavy atom. The van der Waals surface area contributed by atoms with E-state index in [2.05, 4.69) is 10.3 Å². The fraction of sp³-hybridized carbons (Fsp3) is 0.0909. The number of carbonyl (C=O) groups excluding carboxylic acids is 1. The van der Waals surface area contributed by atoms with Crippen molar-refractivity contribution in [3.63, 3.8) is 0 Å². The molecule has 1 amide bonds. The number of carbonyl (C=O) groups is 1. The van der Waals surface area contributed by atoms with E-state index in [1.807, 2.05) is 0 Å². The maximum absolute atomic E-state index is 11.9. The van der Waals surface area contributed by atoms with Gasteiger partial charge in [-0.05, 0) is 18.2 Å². The van der Waals surface area contributed by atoms with Crippen LogP contribution in [0.3, 0.4) is 0 Å². The van der Waals surface area contributed by atoms with Crippen LogP contribution < -0.4 is 11.1 Å². The van der Waals surface area contributed by atoms with Crippen molar-refractivity contribution in [1.82, 2.24) is 9.55 Å². The van der Waals surface area contributed by atoms with Crippen molar-refractivity contribution >= 4 is 28.9 Å². The number of aryl methyl sites for hydroxylation is 1. The van der Waals surface area contributed by atoms with Gasteiger partial charge in [-0.1, -0.05) is 11.6 Å². The van der Waals surface area contributed by atoms with Crippen molar-refractivity contribution < 1.29 is 4.79 Å². The molecule has 88 valence electrons. The lowest BCUT2D eigenvalue weighted by molar-refractivity contribution is 0.101. The van der Waals surface area contributed by atoms with E-state index in [0.29, 0.717) is 22.1 Å². The van der Waals surface area contributed by atoms with E-state index in [1.54, 1.807) is 36.1 Å². The number of anilines is 2. The van der Waals surface area contributed by atoms with E-state index < -0.39 is 0 Å². The van der Waals surface area contributed by atoms with Gasteiger partial charge in [-0.25, -0.2) is 4.98 Å². The van der Waals surface area contributed by atoms with E-state index in [-0.39, 0.29) is 5.91 Å². The van der Waals surface area contributed by atoms with Gasteiger partial charge in [0.05, 0.1) is 23.2 Å². The Morgan fingerprint density at radius 2 is 2.29 bits per heavy atom. The van der Waals surface area contributed by atoms with E-state index in [0.717, 1.165) is 0 Å². The molecule has 0 atom stereocenters. The van der Waals surface area contributed by atoms with Gasteiger partial charge in [0.1, 0.15) is 5.69 Å². The molecular formula is C11H11ClN4O. The van der Waals surface area contributed by atoms with Crippen molar-refractivity contribution in [3.8, 4) is 0 Å². The van der Waals surface area contributed by atoms with Gasteiger partial charge >= 0.3 is 0 Å². The minimum atomic E-state index is -0.267. The number of nitrogens with one attached hydrogen (secondary N) is 1. The number of imidazole rings is 1. The summed E-state index contributed by atoms with van der Waals surface area (Å²) in [6, 6.07) is 4.91. The van der Waals surface area contributed by atoms with E-state index >= 15 is 0 Å². The highest BCUT2D eigenvalue weighted by molar-refractivity contribution is 6.34. The highest BCUT2D eigenvalue weighted by Gasteiger charge is 2.11. The number of rotatable bonds is 2. The second kappa shape index (κ2) is 4.47. The minimum Gasteiger partial charge on any atom is -0.399 e. The smallest absolute Gasteiger partial charge is 0.273 e. The summed E-state index contributed by atoms with van der Waals surface area (Å²) in [6.07, 6.45) is 3.04. The molecule has 0 aliphatic rings. The van der Waals surface area contributed by atoms with Crippen LogP contribution in [0, 0.1) is 0 Å². The maximum atomic E-state index is 11.9. The van der Waals surface area contributed by atoms with Crippen LogP contribution in [0.4, 0.5) is 11.4 Å². The van der Waals surface area contributed by atoms with Crippen LogP contribution in [0.25, 0.3) is 0 Å². The molecule has 2 rings (SSSR count). The third kappa shape index (κ3) is 2.39. The Labute approximate surface area is 103 Å². The largest absolute Gasteiger partial charge is 0.399 e. The molecule has 17 heavy (non-hydrogen) atoms. The molecule has 6 heteroatoms. The topological polar surface area (TPSA) is 72.9 Å². The van der Waals surface area contributed by atoms with Gasteiger partial charge in [0.15, 0.2) is 0 Å². The van der Waals surface area contributed by atoms with E-state index in [4.69, 9.17) is 17.3 Å². The first-order chi connectivity index (χ1) is 8.08. The lowest BCUT2D eigenvalue weighted by Crippen LogP contribution is -2.15. The van der Waals surface area contributed by atoms with Crippen molar-refractivity contribution in [2.24, 2.45) is 7.05 Å². The number of halogens is 1. The molecule has 0 aliphatic carbocycles. The predicted octanol–water partition coefficient (Wildman–Crippen LogP) is 1.91. The van der Waals surface area contributed by atoms with Gasteiger partial charge in [-0.15, -0.1) is 0 Å². The summed E-state index contributed by atoms with van der Waals surface area (Å²) in [5.74, 6) is -0.267. The van der Waals surface area contributed by atoms with Crippen LogP contribution in [0.5, 0.6) is 0 Å². The van der Waals surface area contributed by atoms with Gasteiger partial charge in [0, 0.05) is 12.7 Å². The zero-order chi connectivity index (χ0) is 12.4. The molecule has 1 heterocycles. The Balaban J connectivity index is 2.22. The molecule has 0 saturated heterocycles. The highest BCUT2D eigenvalue weighted by atomic mass is 35.5. The first-order valence-corrected chi connectivity index (χ1v) is 5.28. The molecule has 0 saturated carbocycles. The highest BCUT2D eigenvalue weighted by Crippen LogP contribution is 2.24. The molecule has 0 bridgehead atoms. The van der Waals surface area contributed by atoms with Crippen molar-refractivity contribution in [2.45, 2.75) is 0 Å². The van der Waals surface area contributed by atoms with Gasteiger partial charge in [0.25, 0.3) is 5.91 Å². The molecule has 0 fully saturated rings. The first kappa shape index (κ1) is 11.5. The second-order valence-electron chi connectivity index (χ2n) is 3.58. The summed E-state index contributed by atoms with van der Waals surface area (Å²) in [5.41, 5.74) is 7.09. The monoisotopic (exact) mass is 250 g/mol. The first-order valence-electron chi connectivity index (χ1n) is 4.90. The number of hydrogen-bond acceptors (Lipinski definition) is 3. The number of aromatic nitrogens is 2. The number of nitrogen functional groups attached to an aromatic ring is 1. The van der Waals surface area contributed by atoms with Crippen molar-refractivity contribution in [2.75, 3.05) is 11.1 Å². The van der Waals surface area contributed by atoms with Gasteiger partial charge in [-0.3, -0.25) is 4.79 Å². The van der Waals surface area contributed by atoms with Gasteiger partial charge in [0.2, 0.25) is 0 Å². The van der Waals surface area contributed by atoms with Crippen molar-refractivity contribution in [1.29, 1.82) is 0 Å². The third-order valence-corrected chi connectivity index (χ3v) is 2.60. The summed E-state index contributed by atoms with van der Waals surface area (Å²) in [5, 5.41) is 3.10. The quantitative estimate of drug-likeness (QED) is 0.800. The van der Waals surface area contributed by atoms with Crippen molar-refractivity contribution in [3.05, 3.63) is 41.4 Å². The van der Waals surface area contributed by atoms with E-state index in [1.165, 1.54) is 6.20 Å². The molecule has 1 aromatic heterocycles. The zero-order valence-corrected chi connectivity index (χ0v) is 9.90. The zero-order valence-electron chi connectivity index (χ0n) is 9.14. The number of nitrogens with two attached hydrogens (primary N) is 1. The fourth-order valence-corrected chi connectivity index (χ4v) is 1.63. The standard InChI is InChI=1S/C11H11ClN4O/c1-16-6-14-5-10(16)11(17)15-9-3-2-7(13)4-8(9)12/h2-6H,13H2,1H3,(H,15,17). The maximum Gasteiger partial charge on any atom is 0.273 e. The molecule has 0 unspecified atom stereocenters. The Bertz CT molecular complexity index is 564. The number of amides is 1. The lowest BCUT2D eigenvalue weighted by Gasteiger charge is -2.07. The Morgan fingerprint density at radius 3 is 2.88 bits per heavy atom. The number of nitrogens with zero attached hydrogens (tertiary/aromatic N) is 2. The third-order valence-electron chi connectivity index (χ3n) is 2.29. The second-order valence-corrected chi connectivity index (χ2v) is 3.99. The summed E-state index contributed by atoms with van der Waals surface area (Å²) in [4.78, 5) is 15.7. The molecule has 3 N–H and O–H groups in total. The normalized spacial score (nSPS) is 10.2. The molecule has 0 spiro atoms. The summed E-state index contributed by atoms with van der Waals surface area (Å²) in [6.45, 7) is 0. The van der Waals surface area contributed by atoms with Gasteiger partial charge < -0.3 is 15.6 Å². The molecule has 0 aliphatic heterocycles. The average Bonchev–Trinajstić information content (AvgIpc) is 2.68. The lowest BCUT2D eigenvalue weighted by atomic mass is 10.2. The van der Waals surface area contributed by atoms with Crippen LogP contribution >= 0.6 is 11.6 Å². The van der Waals surface area contributed by atoms with Crippen LogP contribution in [0.2, 0.25) is 5.02 Å². The SMILES string of the molecule is Cn1cncc1C(=O)Nc1ccc(N)cc1Cl. The summed E-state index contributed by atoms with van der Waals surface area (Å²) >= 11 is 5.96. The summed E-state index contributed by atoms with van der Waals surface area (Å²) in [7, 11) is 1.74. The molecular weight excluding hydrogens is 240 g/mol. The Hall–Kier alpha value is -2.01. The average molecular weight is 251 g/mol. The van der Waals surface area contributed by atoms with Gasteiger partial charge in [-0.2, -0.15) is 0 Å². The fourth-order valence-electron chi connectivity index (χ4n) is 1.40. The van der Waals surface area contributed by atoms with Crippen LogP contribution in [-0.2, 0) is 7.05 Å². The Kier molecular flexibility index (Phi) is 3.01.